The molecule has 25 heteroatoms. The molecular formula is C63H56N10O11S4. The fraction of sp³-hybridized carbons (Fsp3) is 0.238. The normalized spacial score (nSPS) is 14.1. The van der Waals surface area contributed by atoms with Crippen LogP contribution in [-0.2, 0) is 30.2 Å². The number of ether oxygens (including phenoxy) is 4. The molecule has 3 atom stereocenters. The summed E-state index contributed by atoms with van der Waals surface area (Å²) in [4.78, 5) is 111. The summed E-state index contributed by atoms with van der Waals surface area (Å²) in [6.45, 7) is 11.5. The van der Waals surface area contributed by atoms with Gasteiger partial charge in [0.05, 0.1) is 36.4 Å². The molecule has 0 unspecified atom stereocenters. The smallest absolute Gasteiger partial charge is 0.407 e. The van der Waals surface area contributed by atoms with Crippen LogP contribution in [0, 0.1) is 6.92 Å². The molecule has 4 amide bonds. The van der Waals surface area contributed by atoms with E-state index in [9.17, 15) is 28.8 Å². The molecule has 7 heterocycles. The van der Waals surface area contributed by atoms with E-state index in [0.717, 1.165) is 39.2 Å². The maximum Gasteiger partial charge on any atom is 0.407 e. The number of benzene rings is 3. The van der Waals surface area contributed by atoms with Gasteiger partial charge in [0.15, 0.2) is 17.1 Å². The minimum atomic E-state index is -1.03. The van der Waals surface area contributed by atoms with Gasteiger partial charge >= 0.3 is 18.0 Å². The molecule has 448 valence electrons. The first kappa shape index (κ1) is 60.1. The number of aromatic nitrogens is 6. The van der Waals surface area contributed by atoms with Crippen molar-refractivity contribution in [3.05, 3.63) is 181 Å². The fourth-order valence-corrected chi connectivity index (χ4v) is 13.7. The van der Waals surface area contributed by atoms with Gasteiger partial charge < -0.3 is 44.6 Å². The number of rotatable bonds is 24. The number of pyridine rings is 1. The number of esters is 2. The van der Waals surface area contributed by atoms with E-state index in [1.165, 1.54) is 45.5 Å². The molecule has 0 bridgehead atoms. The minimum absolute atomic E-state index is 0.00783. The van der Waals surface area contributed by atoms with Gasteiger partial charge in [-0.05, 0) is 78.8 Å². The number of primary amides is 1. The van der Waals surface area contributed by atoms with Gasteiger partial charge in [0.25, 0.3) is 5.91 Å². The van der Waals surface area contributed by atoms with Crippen molar-refractivity contribution in [2.24, 2.45) is 5.73 Å². The molecule has 0 saturated carbocycles. The molecule has 11 rings (SSSR count). The first-order valence-corrected chi connectivity index (χ1v) is 31.4. The molecule has 21 nitrogen and oxygen atoms in total. The van der Waals surface area contributed by atoms with Crippen molar-refractivity contribution in [2.45, 2.75) is 63.6 Å². The van der Waals surface area contributed by atoms with E-state index in [1.807, 2.05) is 53.9 Å². The SMILES string of the molecule is C=CCOC(=O)c1csc([C@H](CC(N)=O)NC(=O)c2nc(-c3ccc(-c4nc(C(=O)OCC)cs4)nc3-c3csc(-c4csc([C@@H]5CCCN5C(=O)[C@H](Cc5ccc(OCC=C)cc5)NC(=O)OCC5c6ccccc6-c6ccccc65)n4)n3)oc2C)n1. The fourth-order valence-electron chi connectivity index (χ4n) is 10.4. The number of fused-ring (bicyclic) bond motifs is 3. The molecule has 1 aliphatic heterocycles. The van der Waals surface area contributed by atoms with Crippen molar-refractivity contribution >= 4 is 81.1 Å². The van der Waals surface area contributed by atoms with Gasteiger partial charge in [-0.25, -0.2) is 44.3 Å². The van der Waals surface area contributed by atoms with Crippen molar-refractivity contribution in [3.63, 3.8) is 0 Å². The summed E-state index contributed by atoms with van der Waals surface area (Å²) in [5.41, 5.74) is 12.7. The number of nitrogens with two attached hydrogens (primary N) is 1. The third-order valence-corrected chi connectivity index (χ3v) is 18.0. The molecule has 0 radical (unpaired) electrons. The largest absolute Gasteiger partial charge is 0.490 e. The summed E-state index contributed by atoms with van der Waals surface area (Å²) in [7, 11) is 0. The lowest BCUT2D eigenvalue weighted by atomic mass is 9.98. The van der Waals surface area contributed by atoms with Crippen LogP contribution in [0.1, 0.15) is 108 Å². The second-order valence-electron chi connectivity index (χ2n) is 20.2. The summed E-state index contributed by atoms with van der Waals surface area (Å²) >= 11 is 4.93. The van der Waals surface area contributed by atoms with Gasteiger partial charge in [-0.2, -0.15) is 0 Å². The predicted octanol–water partition coefficient (Wildman–Crippen LogP) is 11.1. The van der Waals surface area contributed by atoms with Crippen molar-refractivity contribution in [1.82, 2.24) is 45.4 Å². The standard InChI is InChI=1S/C63H56N10O11S4/c1-5-25-81-36-20-18-35(19-21-36)27-45(71-63(79)83-29-42-39-15-10-8-13-37(39)38-14-9-11-16-40(38)42)60(76)73-24-12-17-50(73)59-68-47(31-88-59)58-67-46(30-85-58)53-41(22-23-43(65-53)56-69-48(32-86-56)61(77)80-7-3)55-72-52(34(4)84-55)54(75)66-44(28-51(64)74)57-70-49(33-87-57)62(78)82-26-6-2/h5-6,8-11,13-16,18-23,30-33,42,44-45,50H,1-2,7,12,17,24-29H2,3-4H3,(H2,64,74)(H,66,75)(H,71,79)/t44-,45-,50-/m0/s1. The number of thiazole rings is 4. The molecule has 9 aromatic rings. The Balaban J connectivity index is 0.850. The predicted molar refractivity (Wildman–Crippen MR) is 332 cm³/mol. The summed E-state index contributed by atoms with van der Waals surface area (Å²) in [6.07, 6.45) is 3.52. The highest BCUT2D eigenvalue weighted by Gasteiger charge is 2.38. The summed E-state index contributed by atoms with van der Waals surface area (Å²) in [5.74, 6) is -2.43. The highest BCUT2D eigenvalue weighted by Crippen LogP contribution is 2.45. The number of hydrogen-bond acceptors (Lipinski definition) is 21. The van der Waals surface area contributed by atoms with Crippen LogP contribution < -0.4 is 21.1 Å². The average Bonchev–Trinajstić information content (AvgIpc) is 2.36. The van der Waals surface area contributed by atoms with E-state index in [2.05, 4.69) is 63.0 Å². The van der Waals surface area contributed by atoms with Crippen LogP contribution in [0.4, 0.5) is 4.79 Å². The van der Waals surface area contributed by atoms with Gasteiger partial charge in [0.2, 0.25) is 17.7 Å². The number of likely N-dealkylation sites (tertiary alicyclic amines) is 1. The molecule has 88 heavy (non-hydrogen) atoms. The van der Waals surface area contributed by atoms with E-state index in [1.54, 1.807) is 47.7 Å². The molecule has 4 N–H and O–H groups in total. The van der Waals surface area contributed by atoms with Crippen LogP contribution in [0.5, 0.6) is 5.75 Å². The lowest BCUT2D eigenvalue weighted by Gasteiger charge is -2.28. The second-order valence-corrected chi connectivity index (χ2v) is 23.7. The van der Waals surface area contributed by atoms with Crippen molar-refractivity contribution in [2.75, 3.05) is 33.0 Å². The van der Waals surface area contributed by atoms with Gasteiger partial charge in [-0.3, -0.25) is 14.4 Å². The summed E-state index contributed by atoms with van der Waals surface area (Å²) in [6, 6.07) is 24.5. The molecule has 0 spiro atoms. The molecule has 1 saturated heterocycles. The topological polar surface area (TPSA) is 283 Å². The van der Waals surface area contributed by atoms with Gasteiger partial charge in [0.1, 0.15) is 74.5 Å². The number of carbonyl (C=O) groups excluding carboxylic acids is 6. The maximum atomic E-state index is 15.0. The summed E-state index contributed by atoms with van der Waals surface area (Å²) in [5, 5.41) is 14.3. The zero-order valence-corrected chi connectivity index (χ0v) is 50.7. The Labute approximate surface area is 520 Å². The van der Waals surface area contributed by atoms with Crippen LogP contribution in [-0.4, -0.2) is 110 Å². The number of hydrogen-bond donors (Lipinski definition) is 3. The summed E-state index contributed by atoms with van der Waals surface area (Å²) < 4.78 is 28.2. The van der Waals surface area contributed by atoms with Crippen LogP contribution in [0.25, 0.3) is 55.4 Å². The lowest BCUT2D eigenvalue weighted by Crippen LogP contribution is -2.49. The Morgan fingerprint density at radius 3 is 2.16 bits per heavy atom. The Morgan fingerprint density at radius 2 is 1.42 bits per heavy atom. The quantitative estimate of drug-likeness (QED) is 0.0288. The lowest BCUT2D eigenvalue weighted by molar-refractivity contribution is -0.134. The zero-order valence-electron chi connectivity index (χ0n) is 47.5. The maximum absolute atomic E-state index is 15.0. The van der Waals surface area contributed by atoms with Gasteiger partial charge in [-0.15, -0.1) is 45.3 Å². The van der Waals surface area contributed by atoms with Crippen molar-refractivity contribution in [3.8, 4) is 61.1 Å². The van der Waals surface area contributed by atoms with Crippen molar-refractivity contribution in [1.29, 1.82) is 0 Å². The second kappa shape index (κ2) is 27.0. The van der Waals surface area contributed by atoms with E-state index in [4.69, 9.17) is 44.1 Å². The number of aryl methyl sites for hydroxylation is 1. The molecule has 3 aromatic carbocycles. The monoisotopic (exact) mass is 1260 g/mol. The molecule has 1 aliphatic carbocycles. The number of alkyl carbamates (subject to hydrolysis) is 1. The molecule has 1 fully saturated rings. The van der Waals surface area contributed by atoms with Gasteiger partial charge in [-0.1, -0.05) is 86.0 Å². The molecular weight excluding hydrogens is 1200 g/mol. The number of amides is 4. The number of oxazole rings is 1. The third kappa shape index (κ3) is 13.2. The third-order valence-electron chi connectivity index (χ3n) is 14.4. The van der Waals surface area contributed by atoms with Crippen LogP contribution in [0.2, 0.25) is 0 Å². The Kier molecular flexibility index (Phi) is 18.5. The first-order valence-electron chi connectivity index (χ1n) is 27.9. The highest BCUT2D eigenvalue weighted by atomic mass is 32.1. The average molecular weight is 1260 g/mol. The Hall–Kier alpha value is -9.56. The minimum Gasteiger partial charge on any atom is -0.490 e. The number of nitrogens with one attached hydrogen (secondary N) is 2. The zero-order chi connectivity index (χ0) is 61.4. The van der Waals surface area contributed by atoms with E-state index < -0.39 is 48.0 Å². The highest BCUT2D eigenvalue weighted by molar-refractivity contribution is 7.14. The van der Waals surface area contributed by atoms with Gasteiger partial charge in [0, 0.05) is 40.4 Å². The van der Waals surface area contributed by atoms with E-state index in [-0.39, 0.29) is 78.2 Å². The van der Waals surface area contributed by atoms with Crippen LogP contribution in [0.15, 0.2) is 136 Å². The van der Waals surface area contributed by atoms with Crippen LogP contribution in [0.3, 0.4) is 0 Å². The first-order chi connectivity index (χ1) is 42.8. The Bertz CT molecular complexity index is 4070. The van der Waals surface area contributed by atoms with Crippen molar-refractivity contribution < 1.29 is 52.1 Å². The van der Waals surface area contributed by atoms with Crippen LogP contribution >= 0.6 is 45.3 Å². The number of nitrogens with zero attached hydrogens (tertiary/aromatic N) is 7. The molecule has 6 aromatic heterocycles. The number of carbonyl (C=O) groups is 6. The van der Waals surface area contributed by atoms with E-state index in [0.29, 0.717) is 75.1 Å². The Morgan fingerprint density at radius 1 is 0.727 bits per heavy atom. The molecule has 2 aliphatic rings. The van der Waals surface area contributed by atoms with E-state index >= 15 is 0 Å².